The summed E-state index contributed by atoms with van der Waals surface area (Å²) >= 11 is 5.29. The van der Waals surface area contributed by atoms with E-state index in [9.17, 15) is 0 Å². The van der Waals surface area contributed by atoms with Gasteiger partial charge < -0.3 is 0 Å². The Bertz CT molecular complexity index is 47.7. The van der Waals surface area contributed by atoms with Crippen molar-refractivity contribution >= 4 is 47.0 Å². The van der Waals surface area contributed by atoms with E-state index in [0.717, 1.165) is 0 Å². The normalized spacial score (nSPS) is 14.3. The molecule has 0 aliphatic heterocycles. The van der Waals surface area contributed by atoms with Crippen LogP contribution in [0.2, 0.25) is 10.6 Å². The summed E-state index contributed by atoms with van der Waals surface area (Å²) in [5, 5.41) is 2.85. The molecule has 0 aromatic rings. The van der Waals surface area contributed by atoms with Gasteiger partial charge in [-0.2, -0.15) is 0 Å². The molecule has 0 radical (unpaired) electrons. The van der Waals surface area contributed by atoms with Crippen LogP contribution in [0.1, 0.15) is 13.8 Å². The van der Waals surface area contributed by atoms with Crippen molar-refractivity contribution in [1.29, 1.82) is 0 Å². The monoisotopic (exact) mass is 392 g/mol. The van der Waals surface area contributed by atoms with Crippen LogP contribution >= 0.6 is 40.7 Å². The van der Waals surface area contributed by atoms with E-state index in [-0.39, 0.29) is 0 Å². The van der Waals surface area contributed by atoms with Crippen LogP contribution in [0.15, 0.2) is 0 Å². The zero-order valence-electron chi connectivity index (χ0n) is 4.58. The molecule has 0 aliphatic carbocycles. The van der Waals surface area contributed by atoms with Gasteiger partial charge in [-0.25, -0.2) is 0 Å². The number of rotatable bonds is 2. The first-order chi connectivity index (χ1) is 3.12. The first-order valence-electron chi connectivity index (χ1n) is 2.30. The first kappa shape index (κ1) is 8.98. The van der Waals surface area contributed by atoms with Crippen LogP contribution in [0.5, 0.6) is 0 Å². The molecule has 0 bridgehead atoms. The fourth-order valence-electron chi connectivity index (χ4n) is 0.204. The number of hydrogen-bond donors (Lipinski definition) is 0. The van der Waals surface area contributed by atoms with Crippen LogP contribution in [0.3, 0.4) is 0 Å². The first-order valence-corrected chi connectivity index (χ1v) is 15.2. The molecule has 0 aliphatic rings. The Morgan fingerprint density at radius 3 is 1.43 bits per heavy atom. The van der Waals surface area contributed by atoms with E-state index in [0.29, 0.717) is 0 Å². The van der Waals surface area contributed by atoms with Crippen molar-refractivity contribution in [2.24, 2.45) is 0 Å². The van der Waals surface area contributed by atoms with Gasteiger partial charge in [0.1, 0.15) is 0 Å². The van der Waals surface area contributed by atoms with E-state index in [2.05, 4.69) is 54.5 Å². The second-order valence-electron chi connectivity index (χ2n) is 1.28. The molecule has 46 valence electrons. The molecule has 0 fully saturated rings. The molecule has 0 heterocycles. The predicted octanol–water partition coefficient (Wildman–Crippen LogP) is 3.34. The molecule has 0 amide bonds. The number of hydrogen-bond acceptors (Lipinski definition) is 0. The Balaban J connectivity index is 3.36. The van der Waals surface area contributed by atoms with Crippen molar-refractivity contribution in [3.63, 3.8) is 0 Å². The van der Waals surface area contributed by atoms with Gasteiger partial charge in [0.2, 0.25) is 0 Å². The summed E-state index contributed by atoms with van der Waals surface area (Å²) < 4.78 is 0. The molecular weight excluding hydrogens is 381 g/mol. The molecule has 0 unspecified atom stereocenters. The predicted molar refractivity (Wildman–Crippen MR) is 54.8 cm³/mol. The number of halogens is 2. The Labute approximate surface area is 70.5 Å². The van der Waals surface area contributed by atoms with Crippen LogP contribution in [-0.4, -0.2) is 6.35 Å². The SMILES string of the molecule is CC[Se](I)(I)CC. The molecule has 0 nitrogen and oxygen atoms in total. The van der Waals surface area contributed by atoms with Gasteiger partial charge >= 0.3 is 71.5 Å². The van der Waals surface area contributed by atoms with Gasteiger partial charge in [0.25, 0.3) is 0 Å². The van der Waals surface area contributed by atoms with Crippen LogP contribution in [0.25, 0.3) is 0 Å². The minimum atomic E-state index is -0.866. The fourth-order valence-corrected chi connectivity index (χ4v) is 1.06. The summed E-state index contributed by atoms with van der Waals surface area (Å²) in [6.07, 6.45) is -0.866. The van der Waals surface area contributed by atoms with E-state index < -0.39 is 6.35 Å². The molecule has 0 rings (SSSR count). The molecule has 7 heavy (non-hydrogen) atoms. The Hall–Kier alpha value is 1.98. The van der Waals surface area contributed by atoms with Crippen molar-refractivity contribution in [3.05, 3.63) is 0 Å². The standard InChI is InChI=1S/C4H10I2Se/c1-3-7(5,6)4-2/h3-4H2,1-2H3. The summed E-state index contributed by atoms with van der Waals surface area (Å²) in [6, 6.07) is 0. The van der Waals surface area contributed by atoms with Gasteiger partial charge in [-0.05, 0) is 0 Å². The van der Waals surface area contributed by atoms with E-state index >= 15 is 0 Å². The Morgan fingerprint density at radius 1 is 1.14 bits per heavy atom. The van der Waals surface area contributed by atoms with Crippen molar-refractivity contribution in [3.8, 4) is 0 Å². The average molecular weight is 391 g/mol. The third kappa shape index (κ3) is 4.48. The topological polar surface area (TPSA) is 0 Å². The van der Waals surface area contributed by atoms with Crippen LogP contribution in [0.4, 0.5) is 0 Å². The molecular formula is C4H10I2Se. The van der Waals surface area contributed by atoms with Crippen molar-refractivity contribution in [1.82, 2.24) is 0 Å². The molecule has 0 N–H and O–H groups in total. The van der Waals surface area contributed by atoms with Crippen LogP contribution < -0.4 is 0 Å². The molecule has 0 saturated carbocycles. The van der Waals surface area contributed by atoms with Crippen LogP contribution in [-0.2, 0) is 0 Å². The summed E-state index contributed by atoms with van der Waals surface area (Å²) in [6.45, 7) is 4.59. The third-order valence-corrected chi connectivity index (χ3v) is 17.3. The molecule has 3 heteroatoms. The fraction of sp³-hybridized carbons (Fsp3) is 1.00. The van der Waals surface area contributed by atoms with Gasteiger partial charge in [0.05, 0.1) is 0 Å². The zero-order chi connectivity index (χ0) is 5.91. The van der Waals surface area contributed by atoms with Gasteiger partial charge in [-0.3, -0.25) is 0 Å². The molecule has 0 saturated heterocycles. The molecule has 0 aromatic heterocycles. The second kappa shape index (κ2) is 3.90. The zero-order valence-corrected chi connectivity index (χ0v) is 10.6. The summed E-state index contributed by atoms with van der Waals surface area (Å²) in [5.41, 5.74) is 0. The van der Waals surface area contributed by atoms with E-state index in [1.54, 1.807) is 0 Å². The van der Waals surface area contributed by atoms with Crippen molar-refractivity contribution < 1.29 is 0 Å². The average Bonchev–Trinajstić information content (AvgIpc) is 1.68. The molecule has 0 atom stereocenters. The summed E-state index contributed by atoms with van der Waals surface area (Å²) in [4.78, 5) is 0. The van der Waals surface area contributed by atoms with Gasteiger partial charge in [0.15, 0.2) is 0 Å². The minimum absolute atomic E-state index is 0.866. The Kier molecular flexibility index (Phi) is 5.01. The Morgan fingerprint density at radius 2 is 1.43 bits per heavy atom. The second-order valence-corrected chi connectivity index (χ2v) is 32.9. The molecule has 0 spiro atoms. The van der Waals surface area contributed by atoms with Gasteiger partial charge in [-0.1, -0.05) is 0 Å². The summed E-state index contributed by atoms with van der Waals surface area (Å²) in [5.74, 6) is 0. The van der Waals surface area contributed by atoms with Crippen LogP contribution in [0, 0.1) is 0 Å². The van der Waals surface area contributed by atoms with E-state index in [1.807, 2.05) is 0 Å². The quantitative estimate of drug-likeness (QED) is 0.501. The van der Waals surface area contributed by atoms with E-state index in [4.69, 9.17) is 0 Å². The van der Waals surface area contributed by atoms with Crippen molar-refractivity contribution in [2.75, 3.05) is 0 Å². The summed E-state index contributed by atoms with van der Waals surface area (Å²) in [7, 11) is 0. The van der Waals surface area contributed by atoms with Gasteiger partial charge in [0, 0.05) is 0 Å². The molecule has 0 aromatic carbocycles. The van der Waals surface area contributed by atoms with E-state index in [1.165, 1.54) is 10.6 Å². The third-order valence-electron chi connectivity index (χ3n) is 0.845. The maximum absolute atomic E-state index is 2.65. The van der Waals surface area contributed by atoms with Gasteiger partial charge in [-0.15, -0.1) is 0 Å². The maximum atomic E-state index is 2.65. The van der Waals surface area contributed by atoms with Crippen molar-refractivity contribution in [2.45, 2.75) is 24.5 Å².